The van der Waals surface area contributed by atoms with Crippen LogP contribution >= 0.6 is 23.2 Å². The Morgan fingerprint density at radius 1 is 1.04 bits per heavy atom. The maximum Gasteiger partial charge on any atom is 0.258 e. The van der Waals surface area contributed by atoms with Crippen LogP contribution in [0.3, 0.4) is 0 Å². The average molecular weight is 367 g/mol. The molecule has 0 unspecified atom stereocenters. The average Bonchev–Trinajstić information content (AvgIpc) is 2.56. The molecule has 0 heterocycles. The highest BCUT2D eigenvalue weighted by Crippen LogP contribution is 2.19. The zero-order valence-electron chi connectivity index (χ0n) is 12.9. The van der Waals surface area contributed by atoms with Gasteiger partial charge < -0.3 is 15.4 Å². The summed E-state index contributed by atoms with van der Waals surface area (Å²) < 4.78 is 5.28. The summed E-state index contributed by atoms with van der Waals surface area (Å²) in [7, 11) is 0. The van der Waals surface area contributed by atoms with Gasteiger partial charge in [0.05, 0.1) is 6.54 Å². The minimum Gasteiger partial charge on any atom is -0.484 e. The zero-order chi connectivity index (χ0) is 17.5. The summed E-state index contributed by atoms with van der Waals surface area (Å²) in [5.74, 6) is -0.231. The molecule has 0 fully saturated rings. The fourth-order valence-electron chi connectivity index (χ4n) is 1.79. The highest BCUT2D eigenvalue weighted by atomic mass is 35.5. The van der Waals surface area contributed by atoms with E-state index in [1.807, 2.05) is 6.92 Å². The van der Waals surface area contributed by atoms with E-state index in [1.165, 1.54) is 0 Å². The third-order valence-electron chi connectivity index (χ3n) is 3.09. The third-order valence-corrected chi connectivity index (χ3v) is 3.74. The van der Waals surface area contributed by atoms with E-state index in [9.17, 15) is 9.59 Å². The molecule has 126 valence electrons. The minimum atomic E-state index is -0.401. The Bertz CT molecular complexity index is 733. The van der Waals surface area contributed by atoms with Crippen molar-refractivity contribution in [1.82, 2.24) is 5.32 Å². The summed E-state index contributed by atoms with van der Waals surface area (Å²) in [6.45, 7) is 1.52. The normalized spacial score (nSPS) is 10.1. The number of ether oxygens (including phenoxy) is 1. The van der Waals surface area contributed by atoms with Crippen molar-refractivity contribution in [3.05, 3.63) is 58.1 Å². The number of nitrogens with one attached hydrogen (secondary N) is 2. The molecular weight excluding hydrogens is 351 g/mol. The molecule has 0 saturated carbocycles. The van der Waals surface area contributed by atoms with Gasteiger partial charge in [-0.2, -0.15) is 0 Å². The van der Waals surface area contributed by atoms with Crippen molar-refractivity contribution in [2.24, 2.45) is 0 Å². The Balaban J connectivity index is 1.73. The van der Waals surface area contributed by atoms with Crippen molar-refractivity contribution < 1.29 is 14.3 Å². The maximum absolute atomic E-state index is 11.8. The second-order valence-corrected chi connectivity index (χ2v) is 5.88. The van der Waals surface area contributed by atoms with Gasteiger partial charge in [-0.25, -0.2) is 0 Å². The number of anilines is 1. The Hall–Kier alpha value is -2.24. The molecule has 0 saturated heterocycles. The lowest BCUT2D eigenvalue weighted by Gasteiger charge is -2.09. The summed E-state index contributed by atoms with van der Waals surface area (Å²) in [6.07, 6.45) is 0. The number of carbonyl (C=O) groups is 2. The molecule has 7 heteroatoms. The third kappa shape index (κ3) is 5.76. The molecule has 0 spiro atoms. The first-order chi connectivity index (χ1) is 11.4. The van der Waals surface area contributed by atoms with Gasteiger partial charge in [-0.15, -0.1) is 0 Å². The molecule has 0 aliphatic rings. The predicted octanol–water partition coefficient (Wildman–Crippen LogP) is 3.44. The van der Waals surface area contributed by atoms with Gasteiger partial charge in [-0.1, -0.05) is 29.3 Å². The molecule has 0 radical (unpaired) electrons. The molecule has 0 atom stereocenters. The van der Waals surface area contributed by atoms with Gasteiger partial charge in [-0.3, -0.25) is 9.59 Å². The Kier molecular flexibility index (Phi) is 6.46. The summed E-state index contributed by atoms with van der Waals surface area (Å²) in [5.41, 5.74) is 1.49. The molecule has 0 aliphatic carbocycles. The maximum atomic E-state index is 11.8. The van der Waals surface area contributed by atoms with Crippen molar-refractivity contribution in [1.29, 1.82) is 0 Å². The summed E-state index contributed by atoms with van der Waals surface area (Å²) in [4.78, 5) is 23.5. The first-order valence-corrected chi connectivity index (χ1v) is 7.91. The van der Waals surface area contributed by atoms with E-state index in [4.69, 9.17) is 27.9 Å². The Labute approximate surface area is 149 Å². The van der Waals surface area contributed by atoms with Crippen molar-refractivity contribution >= 4 is 40.7 Å². The van der Waals surface area contributed by atoms with Crippen LogP contribution in [0.15, 0.2) is 42.5 Å². The van der Waals surface area contributed by atoms with Crippen LogP contribution < -0.4 is 15.4 Å². The lowest BCUT2D eigenvalue weighted by Crippen LogP contribution is -2.35. The van der Waals surface area contributed by atoms with E-state index in [0.717, 1.165) is 5.56 Å². The van der Waals surface area contributed by atoms with E-state index < -0.39 is 5.91 Å². The van der Waals surface area contributed by atoms with E-state index >= 15 is 0 Å². The first-order valence-electron chi connectivity index (χ1n) is 7.15. The standard InChI is InChI=1S/C17H16Cl2N2O3/c1-11-2-5-13(8-15(11)19)21-16(22)9-20-17(23)10-24-14-6-3-12(18)4-7-14/h2-8H,9-10H2,1H3,(H,20,23)(H,21,22). The van der Waals surface area contributed by atoms with E-state index in [0.29, 0.717) is 21.5 Å². The van der Waals surface area contributed by atoms with Crippen LogP contribution in [0.2, 0.25) is 10.0 Å². The molecule has 0 aliphatic heterocycles. The van der Waals surface area contributed by atoms with Crippen LogP contribution in [-0.4, -0.2) is 25.0 Å². The number of carbonyl (C=O) groups excluding carboxylic acids is 2. The first kappa shape index (κ1) is 18.1. The van der Waals surface area contributed by atoms with Crippen molar-refractivity contribution in [2.75, 3.05) is 18.5 Å². The molecule has 2 N–H and O–H groups in total. The topological polar surface area (TPSA) is 67.4 Å². The molecule has 2 amide bonds. The predicted molar refractivity (Wildman–Crippen MR) is 94.8 cm³/mol. The quantitative estimate of drug-likeness (QED) is 0.822. The second-order valence-electron chi connectivity index (χ2n) is 5.03. The minimum absolute atomic E-state index is 0.158. The number of hydrogen-bond donors (Lipinski definition) is 2. The molecule has 2 aromatic rings. The summed E-state index contributed by atoms with van der Waals surface area (Å²) in [5, 5.41) is 6.27. The number of benzene rings is 2. The molecule has 2 aromatic carbocycles. The number of rotatable bonds is 6. The molecule has 24 heavy (non-hydrogen) atoms. The SMILES string of the molecule is Cc1ccc(NC(=O)CNC(=O)COc2ccc(Cl)cc2)cc1Cl. The summed E-state index contributed by atoms with van der Waals surface area (Å²) >= 11 is 11.7. The van der Waals surface area contributed by atoms with Gasteiger partial charge in [-0.05, 0) is 48.9 Å². The van der Waals surface area contributed by atoms with E-state index in [1.54, 1.807) is 42.5 Å². The smallest absolute Gasteiger partial charge is 0.258 e. The number of amides is 2. The van der Waals surface area contributed by atoms with Crippen molar-refractivity contribution in [2.45, 2.75) is 6.92 Å². The highest BCUT2D eigenvalue weighted by molar-refractivity contribution is 6.31. The van der Waals surface area contributed by atoms with E-state index in [2.05, 4.69) is 10.6 Å². The van der Waals surface area contributed by atoms with E-state index in [-0.39, 0.29) is 19.1 Å². The number of hydrogen-bond acceptors (Lipinski definition) is 3. The van der Waals surface area contributed by atoms with Gasteiger partial charge in [0.15, 0.2) is 6.61 Å². The number of halogens is 2. The van der Waals surface area contributed by atoms with Gasteiger partial charge in [0, 0.05) is 15.7 Å². The molecule has 0 bridgehead atoms. The molecular formula is C17H16Cl2N2O3. The van der Waals surface area contributed by atoms with Crippen molar-refractivity contribution in [3.8, 4) is 5.75 Å². The Morgan fingerprint density at radius 3 is 2.42 bits per heavy atom. The lowest BCUT2D eigenvalue weighted by atomic mass is 10.2. The van der Waals surface area contributed by atoms with Gasteiger partial charge in [0.25, 0.3) is 5.91 Å². The fraction of sp³-hybridized carbons (Fsp3) is 0.176. The molecule has 0 aromatic heterocycles. The summed E-state index contributed by atoms with van der Waals surface area (Å²) in [6, 6.07) is 11.8. The zero-order valence-corrected chi connectivity index (χ0v) is 14.4. The van der Waals surface area contributed by atoms with Crippen LogP contribution in [0, 0.1) is 6.92 Å². The van der Waals surface area contributed by atoms with Crippen LogP contribution in [0.25, 0.3) is 0 Å². The van der Waals surface area contributed by atoms with Crippen LogP contribution in [0.1, 0.15) is 5.56 Å². The lowest BCUT2D eigenvalue weighted by molar-refractivity contribution is -0.125. The van der Waals surface area contributed by atoms with Gasteiger partial charge in [0.1, 0.15) is 5.75 Å². The van der Waals surface area contributed by atoms with Crippen LogP contribution in [0.4, 0.5) is 5.69 Å². The van der Waals surface area contributed by atoms with Gasteiger partial charge in [0.2, 0.25) is 5.91 Å². The van der Waals surface area contributed by atoms with Gasteiger partial charge >= 0.3 is 0 Å². The molecule has 2 rings (SSSR count). The fourth-order valence-corrected chi connectivity index (χ4v) is 2.09. The second kappa shape index (κ2) is 8.57. The number of aryl methyl sites for hydroxylation is 1. The highest BCUT2D eigenvalue weighted by Gasteiger charge is 2.07. The monoisotopic (exact) mass is 366 g/mol. The van der Waals surface area contributed by atoms with Crippen molar-refractivity contribution in [3.63, 3.8) is 0 Å². The van der Waals surface area contributed by atoms with Crippen LogP contribution in [-0.2, 0) is 9.59 Å². The largest absolute Gasteiger partial charge is 0.484 e. The van der Waals surface area contributed by atoms with Crippen LogP contribution in [0.5, 0.6) is 5.75 Å². The molecule has 5 nitrogen and oxygen atoms in total. The Morgan fingerprint density at radius 2 is 1.75 bits per heavy atom.